The SMILES string of the molecule is CC(C)N(C)CCC(=O)NC[C@H]1CCN(c2cnn(C)c(=O)c2)C1. The molecule has 1 N–H and O–H groups in total. The molecule has 24 heavy (non-hydrogen) atoms. The lowest BCUT2D eigenvalue weighted by atomic mass is 10.1. The van der Waals surface area contributed by atoms with Crippen LogP contribution in [0.2, 0.25) is 0 Å². The van der Waals surface area contributed by atoms with Crippen LogP contribution in [0.3, 0.4) is 0 Å². The summed E-state index contributed by atoms with van der Waals surface area (Å²) >= 11 is 0. The van der Waals surface area contributed by atoms with Crippen molar-refractivity contribution in [3.63, 3.8) is 0 Å². The summed E-state index contributed by atoms with van der Waals surface area (Å²) in [5.74, 6) is 0.525. The second-order valence-electron chi connectivity index (χ2n) is 6.90. The topological polar surface area (TPSA) is 70.5 Å². The predicted molar refractivity (Wildman–Crippen MR) is 95.2 cm³/mol. The maximum absolute atomic E-state index is 12.0. The molecule has 1 amide bonds. The Morgan fingerprint density at radius 1 is 1.50 bits per heavy atom. The zero-order valence-electron chi connectivity index (χ0n) is 15.2. The van der Waals surface area contributed by atoms with Gasteiger partial charge >= 0.3 is 0 Å². The van der Waals surface area contributed by atoms with Crippen LogP contribution in [0, 0.1) is 5.92 Å². The van der Waals surface area contributed by atoms with Gasteiger partial charge in [-0.15, -0.1) is 0 Å². The van der Waals surface area contributed by atoms with Gasteiger partial charge < -0.3 is 15.1 Å². The molecule has 0 unspecified atom stereocenters. The minimum atomic E-state index is -0.0986. The van der Waals surface area contributed by atoms with Crippen LogP contribution < -0.4 is 15.8 Å². The highest BCUT2D eigenvalue weighted by Crippen LogP contribution is 2.21. The third kappa shape index (κ3) is 5.06. The second kappa shape index (κ2) is 8.28. The average Bonchev–Trinajstić information content (AvgIpc) is 3.02. The zero-order valence-corrected chi connectivity index (χ0v) is 15.2. The minimum absolute atomic E-state index is 0.0986. The Bertz CT molecular complexity index is 613. The van der Waals surface area contributed by atoms with Crippen molar-refractivity contribution in [3.8, 4) is 0 Å². The summed E-state index contributed by atoms with van der Waals surface area (Å²) in [6.07, 6.45) is 3.27. The highest BCUT2D eigenvalue weighted by atomic mass is 16.1. The quantitative estimate of drug-likeness (QED) is 0.784. The number of hydrogen-bond acceptors (Lipinski definition) is 5. The van der Waals surface area contributed by atoms with Crippen LogP contribution in [0.15, 0.2) is 17.1 Å². The Kier molecular flexibility index (Phi) is 6.36. The Hall–Kier alpha value is -1.89. The van der Waals surface area contributed by atoms with E-state index in [1.165, 1.54) is 4.68 Å². The highest BCUT2D eigenvalue weighted by molar-refractivity contribution is 5.76. The Morgan fingerprint density at radius 3 is 2.92 bits per heavy atom. The summed E-state index contributed by atoms with van der Waals surface area (Å²) in [5, 5.41) is 7.10. The first-order valence-corrected chi connectivity index (χ1v) is 8.62. The fourth-order valence-corrected chi connectivity index (χ4v) is 2.75. The van der Waals surface area contributed by atoms with Crippen LogP contribution in [0.4, 0.5) is 5.69 Å². The van der Waals surface area contributed by atoms with Crippen molar-refractivity contribution in [2.24, 2.45) is 13.0 Å². The molecule has 7 nitrogen and oxygen atoms in total. The predicted octanol–water partition coefficient (Wildman–Crippen LogP) is 0.453. The summed E-state index contributed by atoms with van der Waals surface area (Å²) in [7, 11) is 3.68. The monoisotopic (exact) mass is 335 g/mol. The number of aromatic nitrogens is 2. The molecule has 1 aliphatic rings. The highest BCUT2D eigenvalue weighted by Gasteiger charge is 2.23. The van der Waals surface area contributed by atoms with Crippen molar-refractivity contribution in [1.29, 1.82) is 0 Å². The Balaban J connectivity index is 1.74. The first-order chi connectivity index (χ1) is 11.4. The lowest BCUT2D eigenvalue weighted by Gasteiger charge is -2.21. The second-order valence-corrected chi connectivity index (χ2v) is 6.90. The zero-order chi connectivity index (χ0) is 17.7. The van der Waals surface area contributed by atoms with Gasteiger partial charge in [0.05, 0.1) is 11.9 Å². The molecule has 134 valence electrons. The summed E-state index contributed by atoms with van der Waals surface area (Å²) in [4.78, 5) is 28.0. The number of anilines is 1. The molecule has 1 aromatic rings. The fraction of sp³-hybridized carbons (Fsp3) is 0.706. The van der Waals surface area contributed by atoms with Crippen molar-refractivity contribution in [2.45, 2.75) is 32.7 Å². The summed E-state index contributed by atoms with van der Waals surface area (Å²) in [6, 6.07) is 2.07. The van der Waals surface area contributed by atoms with E-state index in [0.29, 0.717) is 24.9 Å². The lowest BCUT2D eigenvalue weighted by molar-refractivity contribution is -0.121. The average molecular weight is 335 g/mol. The van der Waals surface area contributed by atoms with Gasteiger partial charge in [0, 0.05) is 51.8 Å². The van der Waals surface area contributed by atoms with Crippen LogP contribution in [0.1, 0.15) is 26.7 Å². The van der Waals surface area contributed by atoms with E-state index in [1.807, 2.05) is 7.05 Å². The molecule has 0 spiro atoms. The lowest BCUT2D eigenvalue weighted by Crippen LogP contribution is -2.35. The van der Waals surface area contributed by atoms with Crippen LogP contribution in [0.5, 0.6) is 0 Å². The summed E-state index contributed by atoms with van der Waals surface area (Å²) in [6.45, 7) is 7.46. The van der Waals surface area contributed by atoms with E-state index < -0.39 is 0 Å². The van der Waals surface area contributed by atoms with E-state index >= 15 is 0 Å². The van der Waals surface area contributed by atoms with Gasteiger partial charge in [0.15, 0.2) is 0 Å². The third-order valence-corrected chi connectivity index (χ3v) is 4.77. The number of nitrogens with zero attached hydrogens (tertiary/aromatic N) is 4. The standard InChI is InChI=1S/C17H29N5O2/c1-13(2)20(3)7-6-16(23)18-10-14-5-8-22(12-14)15-9-17(24)21(4)19-11-15/h9,11,13-14H,5-8,10,12H2,1-4H3,(H,18,23)/t14-/m1/s1. The molecular weight excluding hydrogens is 306 g/mol. The summed E-state index contributed by atoms with van der Waals surface area (Å²) in [5.41, 5.74) is 0.768. The van der Waals surface area contributed by atoms with Gasteiger partial charge in [0.1, 0.15) is 0 Å². The molecule has 1 aliphatic heterocycles. The normalized spacial score (nSPS) is 17.8. The molecule has 1 aromatic heterocycles. The van der Waals surface area contributed by atoms with E-state index in [4.69, 9.17) is 0 Å². The van der Waals surface area contributed by atoms with E-state index in [9.17, 15) is 9.59 Å². The molecule has 0 aliphatic carbocycles. The van der Waals surface area contributed by atoms with Crippen molar-refractivity contribution in [2.75, 3.05) is 38.1 Å². The van der Waals surface area contributed by atoms with Crippen molar-refractivity contribution < 1.29 is 4.79 Å². The third-order valence-electron chi connectivity index (χ3n) is 4.77. The molecule has 0 bridgehead atoms. The smallest absolute Gasteiger partial charge is 0.268 e. The number of carbonyl (C=O) groups is 1. The number of rotatable bonds is 7. The molecule has 1 saturated heterocycles. The van der Waals surface area contributed by atoms with E-state index in [0.717, 1.165) is 31.7 Å². The maximum atomic E-state index is 12.0. The van der Waals surface area contributed by atoms with Crippen LogP contribution in [-0.2, 0) is 11.8 Å². The molecule has 0 aromatic carbocycles. The van der Waals surface area contributed by atoms with Crippen LogP contribution >= 0.6 is 0 Å². The van der Waals surface area contributed by atoms with E-state index in [-0.39, 0.29) is 11.5 Å². The van der Waals surface area contributed by atoms with Crippen LogP contribution in [0.25, 0.3) is 0 Å². The number of nitrogens with one attached hydrogen (secondary N) is 1. The molecule has 2 rings (SSSR count). The van der Waals surface area contributed by atoms with Crippen molar-refractivity contribution in [1.82, 2.24) is 20.0 Å². The number of carbonyl (C=O) groups excluding carboxylic acids is 1. The van der Waals surface area contributed by atoms with Crippen molar-refractivity contribution >= 4 is 11.6 Å². The maximum Gasteiger partial charge on any atom is 0.268 e. The van der Waals surface area contributed by atoms with Gasteiger partial charge in [-0.05, 0) is 33.2 Å². The minimum Gasteiger partial charge on any atom is -0.370 e. The number of hydrogen-bond donors (Lipinski definition) is 1. The van der Waals surface area contributed by atoms with Gasteiger partial charge in [-0.25, -0.2) is 4.68 Å². The Labute approximate surface area is 143 Å². The molecule has 0 saturated carbocycles. The summed E-state index contributed by atoms with van der Waals surface area (Å²) < 4.78 is 1.32. The largest absolute Gasteiger partial charge is 0.370 e. The first-order valence-electron chi connectivity index (χ1n) is 8.62. The number of amides is 1. The molecule has 0 radical (unpaired) electrons. The van der Waals surface area contributed by atoms with Gasteiger partial charge in [0.2, 0.25) is 5.91 Å². The number of aryl methyl sites for hydroxylation is 1. The van der Waals surface area contributed by atoms with Gasteiger partial charge in [-0.2, -0.15) is 5.10 Å². The molecule has 7 heteroatoms. The van der Waals surface area contributed by atoms with Crippen LogP contribution in [-0.4, -0.2) is 59.9 Å². The van der Waals surface area contributed by atoms with Gasteiger partial charge in [-0.3, -0.25) is 9.59 Å². The van der Waals surface area contributed by atoms with E-state index in [1.54, 1.807) is 19.3 Å². The molecule has 2 heterocycles. The molecular formula is C17H29N5O2. The van der Waals surface area contributed by atoms with Crippen molar-refractivity contribution in [3.05, 3.63) is 22.6 Å². The first kappa shape index (κ1) is 18.4. The molecule has 1 fully saturated rings. The van der Waals surface area contributed by atoms with Gasteiger partial charge in [0.25, 0.3) is 5.56 Å². The van der Waals surface area contributed by atoms with Gasteiger partial charge in [-0.1, -0.05) is 0 Å². The molecule has 1 atom stereocenters. The Morgan fingerprint density at radius 2 is 2.25 bits per heavy atom. The van der Waals surface area contributed by atoms with E-state index in [2.05, 4.69) is 34.1 Å². The fourth-order valence-electron chi connectivity index (χ4n) is 2.75.